The summed E-state index contributed by atoms with van der Waals surface area (Å²) in [5.41, 5.74) is 6.32. The van der Waals surface area contributed by atoms with Gasteiger partial charge in [-0.25, -0.2) is 8.42 Å². The zero-order chi connectivity index (χ0) is 15.5. The number of rotatable bonds is 5. The third-order valence-electron chi connectivity index (χ3n) is 4.15. The molecule has 0 radical (unpaired) electrons. The van der Waals surface area contributed by atoms with Crippen molar-refractivity contribution >= 4 is 37.5 Å². The number of nitrogens with two attached hydrogens (primary N) is 1. The lowest BCUT2D eigenvalue weighted by atomic mass is 9.84. The maximum absolute atomic E-state index is 11.7. The Bertz CT molecular complexity index is 577. The number of hydrogen-bond acceptors (Lipinski definition) is 4. The van der Waals surface area contributed by atoms with E-state index < -0.39 is 9.84 Å². The Hall–Kier alpha value is -0.0400. The van der Waals surface area contributed by atoms with Crippen LogP contribution >= 0.6 is 27.7 Å². The number of halogens is 1. The molecular weight excluding hydrogens is 370 g/mol. The first kappa shape index (κ1) is 17.3. The highest BCUT2D eigenvalue weighted by Crippen LogP contribution is 2.33. The third-order valence-corrected chi connectivity index (χ3v) is 7.96. The van der Waals surface area contributed by atoms with Crippen molar-refractivity contribution in [1.82, 2.24) is 0 Å². The Morgan fingerprint density at radius 1 is 1.38 bits per heavy atom. The molecule has 1 aliphatic rings. The Labute approximate surface area is 140 Å². The summed E-state index contributed by atoms with van der Waals surface area (Å²) in [5.74, 6) is 1.14. The molecule has 0 bridgehead atoms. The van der Waals surface area contributed by atoms with E-state index in [-0.39, 0.29) is 11.3 Å². The van der Waals surface area contributed by atoms with Crippen LogP contribution in [0.1, 0.15) is 25.7 Å². The molecule has 0 aromatic heterocycles. The van der Waals surface area contributed by atoms with Crippen molar-refractivity contribution in [3.8, 4) is 0 Å². The lowest BCUT2D eigenvalue weighted by Gasteiger charge is -2.31. The predicted molar refractivity (Wildman–Crippen MR) is 93.4 cm³/mol. The van der Waals surface area contributed by atoms with Gasteiger partial charge in [0.1, 0.15) is 9.84 Å². The maximum Gasteiger partial charge on any atom is 0.150 e. The number of benzene rings is 1. The van der Waals surface area contributed by atoms with Gasteiger partial charge in [-0.3, -0.25) is 0 Å². The first-order valence-electron chi connectivity index (χ1n) is 7.19. The minimum absolute atomic E-state index is 0.0478. The van der Waals surface area contributed by atoms with Crippen molar-refractivity contribution in [2.75, 3.05) is 12.0 Å². The second-order valence-corrected chi connectivity index (χ2v) is 10.0. The molecule has 2 N–H and O–H groups in total. The average molecular weight is 392 g/mol. The molecule has 3 atom stereocenters. The largest absolute Gasteiger partial charge is 0.327 e. The number of hydrogen-bond donors (Lipinski definition) is 1. The van der Waals surface area contributed by atoms with Gasteiger partial charge >= 0.3 is 0 Å². The maximum atomic E-state index is 11.7. The van der Waals surface area contributed by atoms with Crippen LogP contribution in [0.2, 0.25) is 0 Å². The van der Waals surface area contributed by atoms with Crippen LogP contribution < -0.4 is 5.73 Å². The Morgan fingerprint density at radius 2 is 2.10 bits per heavy atom. The van der Waals surface area contributed by atoms with Crippen molar-refractivity contribution in [3.63, 3.8) is 0 Å². The van der Waals surface area contributed by atoms with Gasteiger partial charge in [0.25, 0.3) is 0 Å². The molecule has 1 aromatic carbocycles. The zero-order valence-corrected chi connectivity index (χ0v) is 15.4. The first-order valence-corrected chi connectivity index (χ1v) is 10.9. The monoisotopic (exact) mass is 391 g/mol. The molecule has 0 aliphatic heterocycles. The van der Waals surface area contributed by atoms with Gasteiger partial charge in [-0.2, -0.15) is 0 Å². The Kier molecular flexibility index (Phi) is 6.17. The lowest BCUT2D eigenvalue weighted by Crippen LogP contribution is -2.39. The molecule has 0 saturated heterocycles. The summed E-state index contributed by atoms with van der Waals surface area (Å²) in [4.78, 5) is 1.18. The summed E-state index contributed by atoms with van der Waals surface area (Å²) < 4.78 is 24.5. The van der Waals surface area contributed by atoms with Crippen molar-refractivity contribution in [3.05, 3.63) is 28.7 Å². The van der Waals surface area contributed by atoms with Crippen LogP contribution in [0.4, 0.5) is 0 Å². The van der Waals surface area contributed by atoms with Gasteiger partial charge in [-0.05, 0) is 53.2 Å². The molecule has 1 aliphatic carbocycles. The third kappa shape index (κ3) is 4.98. The van der Waals surface area contributed by atoms with E-state index in [1.807, 2.05) is 18.2 Å². The van der Waals surface area contributed by atoms with Gasteiger partial charge in [0.2, 0.25) is 0 Å². The summed E-state index contributed by atoms with van der Waals surface area (Å²) in [6.07, 6.45) is 4.87. The summed E-state index contributed by atoms with van der Waals surface area (Å²) in [6, 6.07) is 8.15. The van der Waals surface area contributed by atoms with Crippen LogP contribution in [0.3, 0.4) is 0 Å². The Balaban J connectivity index is 1.91. The fourth-order valence-electron chi connectivity index (χ4n) is 2.84. The molecule has 3 nitrogen and oxygen atoms in total. The standard InChI is InChI=1S/C15H22BrNO2S2/c1-21(18,19)12-6-4-5-11(9-12)14(17)10-20-15-8-3-2-7-13(15)16/h2-3,7-8,11-12,14H,4-6,9-10,17H2,1H3. The van der Waals surface area contributed by atoms with E-state index in [2.05, 4.69) is 22.0 Å². The molecule has 0 heterocycles. The van der Waals surface area contributed by atoms with E-state index >= 15 is 0 Å². The van der Waals surface area contributed by atoms with E-state index in [1.54, 1.807) is 11.8 Å². The first-order chi connectivity index (χ1) is 9.88. The highest BCUT2D eigenvalue weighted by Gasteiger charge is 2.31. The van der Waals surface area contributed by atoms with Crippen molar-refractivity contribution in [1.29, 1.82) is 0 Å². The van der Waals surface area contributed by atoms with Crippen molar-refractivity contribution in [2.24, 2.45) is 11.7 Å². The molecule has 3 unspecified atom stereocenters. The number of thioether (sulfide) groups is 1. The topological polar surface area (TPSA) is 60.2 Å². The molecule has 0 amide bonds. The van der Waals surface area contributed by atoms with Crippen molar-refractivity contribution < 1.29 is 8.42 Å². The Morgan fingerprint density at radius 3 is 2.76 bits per heavy atom. The highest BCUT2D eigenvalue weighted by molar-refractivity contribution is 9.10. The fraction of sp³-hybridized carbons (Fsp3) is 0.600. The molecule has 1 fully saturated rings. The SMILES string of the molecule is CS(=O)(=O)C1CCCC(C(N)CSc2ccccc2Br)C1. The zero-order valence-electron chi connectivity index (χ0n) is 12.2. The molecule has 118 valence electrons. The quantitative estimate of drug-likeness (QED) is 0.780. The van der Waals surface area contributed by atoms with E-state index in [1.165, 1.54) is 11.2 Å². The molecule has 2 rings (SSSR count). The fourth-order valence-corrected chi connectivity index (χ4v) is 5.69. The molecular formula is C15H22BrNO2S2. The van der Waals surface area contributed by atoms with Crippen LogP contribution in [0.5, 0.6) is 0 Å². The van der Waals surface area contributed by atoms with Gasteiger partial charge in [0.05, 0.1) is 5.25 Å². The predicted octanol–water partition coefficient (Wildman–Crippen LogP) is 3.47. The van der Waals surface area contributed by atoms with Gasteiger partial charge < -0.3 is 5.73 Å². The summed E-state index contributed by atoms with van der Waals surface area (Å²) in [7, 11) is -2.94. The molecule has 21 heavy (non-hydrogen) atoms. The smallest absolute Gasteiger partial charge is 0.150 e. The van der Waals surface area contributed by atoms with Gasteiger partial charge in [-0.15, -0.1) is 11.8 Å². The van der Waals surface area contributed by atoms with E-state index in [9.17, 15) is 8.42 Å². The second kappa shape index (κ2) is 7.49. The minimum atomic E-state index is -2.94. The van der Waals surface area contributed by atoms with Gasteiger partial charge in [0, 0.05) is 27.4 Å². The van der Waals surface area contributed by atoms with Crippen molar-refractivity contribution in [2.45, 2.75) is 41.9 Å². The summed E-state index contributed by atoms with van der Waals surface area (Å²) in [5, 5.41) is -0.198. The second-order valence-electron chi connectivity index (χ2n) is 5.78. The molecule has 0 spiro atoms. The number of sulfone groups is 1. The molecule has 1 saturated carbocycles. The normalized spacial score (nSPS) is 24.7. The lowest BCUT2D eigenvalue weighted by molar-refractivity contribution is 0.319. The highest BCUT2D eigenvalue weighted by atomic mass is 79.9. The van der Waals surface area contributed by atoms with E-state index in [0.717, 1.165) is 35.9 Å². The van der Waals surface area contributed by atoms with Crippen LogP contribution in [-0.4, -0.2) is 31.7 Å². The van der Waals surface area contributed by atoms with E-state index in [0.29, 0.717) is 5.92 Å². The van der Waals surface area contributed by atoms with Crippen LogP contribution in [0.15, 0.2) is 33.6 Å². The summed E-state index contributed by atoms with van der Waals surface area (Å²) in [6.45, 7) is 0. The average Bonchev–Trinajstić information content (AvgIpc) is 2.45. The van der Waals surface area contributed by atoms with Gasteiger partial charge in [0.15, 0.2) is 0 Å². The van der Waals surface area contributed by atoms with Crippen LogP contribution in [0, 0.1) is 5.92 Å². The van der Waals surface area contributed by atoms with Gasteiger partial charge in [-0.1, -0.05) is 18.6 Å². The van der Waals surface area contributed by atoms with E-state index in [4.69, 9.17) is 5.73 Å². The van der Waals surface area contributed by atoms with Crippen LogP contribution in [-0.2, 0) is 9.84 Å². The summed E-state index contributed by atoms with van der Waals surface area (Å²) >= 11 is 5.27. The molecule has 1 aromatic rings. The molecule has 6 heteroatoms. The van der Waals surface area contributed by atoms with Crippen LogP contribution in [0.25, 0.3) is 0 Å². The minimum Gasteiger partial charge on any atom is -0.327 e.